The molecule has 90 valence electrons. The van der Waals surface area contributed by atoms with Gasteiger partial charge in [0.15, 0.2) is 0 Å². The van der Waals surface area contributed by atoms with Gasteiger partial charge in [0.1, 0.15) is 0 Å². The van der Waals surface area contributed by atoms with Gasteiger partial charge in [-0.15, -0.1) is 11.6 Å². The molecule has 1 aliphatic rings. The molecule has 0 heterocycles. The van der Waals surface area contributed by atoms with Crippen LogP contribution >= 0.6 is 11.6 Å². The highest BCUT2D eigenvalue weighted by Gasteiger charge is 2.53. The molecule has 0 radical (unpaired) electrons. The molecule has 0 aromatic heterocycles. The molecule has 0 spiro atoms. The Hall–Kier alpha value is 0.250. The van der Waals surface area contributed by atoms with Crippen LogP contribution in [0.15, 0.2) is 0 Å². The molecule has 2 heteroatoms. The first-order valence-corrected chi connectivity index (χ1v) is 6.67. The molecule has 0 saturated heterocycles. The Morgan fingerprint density at radius 1 is 1.27 bits per heavy atom. The van der Waals surface area contributed by atoms with E-state index in [1.165, 1.54) is 0 Å². The molecule has 1 nitrogen and oxygen atoms in total. The minimum absolute atomic E-state index is 0.00269. The molecule has 0 bridgehead atoms. The highest BCUT2D eigenvalue weighted by Crippen LogP contribution is 2.53. The predicted octanol–water partition coefficient (Wildman–Crippen LogP) is 4.38. The molecule has 0 aliphatic heterocycles. The first-order chi connectivity index (χ1) is 6.91. The molecule has 15 heavy (non-hydrogen) atoms. The van der Waals surface area contributed by atoms with Crippen molar-refractivity contribution in [3.05, 3.63) is 0 Å². The summed E-state index contributed by atoms with van der Waals surface area (Å²) in [6.07, 6.45) is 4.70. The maximum absolute atomic E-state index is 6.36. The summed E-state index contributed by atoms with van der Waals surface area (Å²) in [5.41, 5.74) is 0.227. The van der Waals surface area contributed by atoms with Gasteiger partial charge in [-0.25, -0.2) is 0 Å². The van der Waals surface area contributed by atoms with Gasteiger partial charge in [0.25, 0.3) is 0 Å². The molecule has 0 amide bonds. The monoisotopic (exact) mass is 232 g/mol. The van der Waals surface area contributed by atoms with E-state index in [2.05, 4.69) is 34.6 Å². The van der Waals surface area contributed by atoms with Crippen LogP contribution in [0.4, 0.5) is 0 Å². The van der Waals surface area contributed by atoms with E-state index >= 15 is 0 Å². The van der Waals surface area contributed by atoms with E-state index in [-0.39, 0.29) is 11.0 Å². The van der Waals surface area contributed by atoms with Crippen LogP contribution in [0.25, 0.3) is 0 Å². The van der Waals surface area contributed by atoms with E-state index in [4.69, 9.17) is 16.3 Å². The number of halogens is 1. The summed E-state index contributed by atoms with van der Waals surface area (Å²) in [6.45, 7) is 11.0. The molecule has 2 unspecified atom stereocenters. The van der Waals surface area contributed by atoms with Gasteiger partial charge in [-0.05, 0) is 39.5 Å². The maximum atomic E-state index is 6.36. The smallest absolute Gasteiger partial charge is 0.0666 e. The van der Waals surface area contributed by atoms with Gasteiger partial charge in [0, 0.05) is 10.8 Å². The first kappa shape index (κ1) is 13.3. The van der Waals surface area contributed by atoms with E-state index in [1.807, 2.05) is 0 Å². The third-order valence-electron chi connectivity index (χ3n) is 4.32. The van der Waals surface area contributed by atoms with Crippen LogP contribution in [0.1, 0.15) is 60.3 Å². The summed E-state index contributed by atoms with van der Waals surface area (Å²) < 4.78 is 6.21. The Balaban J connectivity index is 2.65. The van der Waals surface area contributed by atoms with Crippen molar-refractivity contribution in [1.29, 1.82) is 0 Å². The van der Waals surface area contributed by atoms with Crippen molar-refractivity contribution >= 4 is 11.6 Å². The van der Waals surface area contributed by atoms with E-state index < -0.39 is 0 Å². The van der Waals surface area contributed by atoms with Crippen molar-refractivity contribution in [3.8, 4) is 0 Å². The van der Waals surface area contributed by atoms with Gasteiger partial charge in [-0.2, -0.15) is 0 Å². The second kappa shape index (κ2) is 4.63. The Kier molecular flexibility index (Phi) is 4.11. The lowest BCUT2D eigenvalue weighted by Gasteiger charge is -2.54. The molecule has 0 aromatic rings. The van der Waals surface area contributed by atoms with Crippen molar-refractivity contribution in [2.75, 3.05) is 0 Å². The lowest BCUT2D eigenvalue weighted by atomic mass is 9.62. The molecule has 0 N–H and O–H groups in total. The zero-order chi connectivity index (χ0) is 11.7. The molecule has 1 aliphatic carbocycles. The fraction of sp³-hybridized carbons (Fsp3) is 1.00. The predicted molar refractivity (Wildman–Crippen MR) is 66.5 cm³/mol. The molecular weight excluding hydrogens is 208 g/mol. The van der Waals surface area contributed by atoms with Gasteiger partial charge >= 0.3 is 0 Å². The van der Waals surface area contributed by atoms with Crippen molar-refractivity contribution in [2.24, 2.45) is 5.41 Å². The number of alkyl halides is 1. The van der Waals surface area contributed by atoms with Gasteiger partial charge in [0.05, 0.1) is 11.7 Å². The van der Waals surface area contributed by atoms with Gasteiger partial charge in [-0.1, -0.05) is 20.8 Å². The summed E-state index contributed by atoms with van der Waals surface area (Å²) >= 11 is 6.36. The minimum atomic E-state index is -0.00269. The van der Waals surface area contributed by atoms with Gasteiger partial charge in [-0.3, -0.25) is 0 Å². The molecule has 1 rings (SSSR count). The van der Waals surface area contributed by atoms with Crippen LogP contribution in [0.3, 0.4) is 0 Å². The Labute approximate surface area is 99.5 Å². The summed E-state index contributed by atoms with van der Waals surface area (Å²) in [5.74, 6) is 0. The fourth-order valence-electron chi connectivity index (χ4n) is 2.48. The highest BCUT2D eigenvalue weighted by atomic mass is 35.5. The third kappa shape index (κ3) is 2.34. The van der Waals surface area contributed by atoms with Crippen LogP contribution in [-0.4, -0.2) is 17.1 Å². The number of ether oxygens (including phenoxy) is 1. The lowest BCUT2D eigenvalue weighted by molar-refractivity contribution is -0.176. The topological polar surface area (TPSA) is 9.23 Å². The lowest BCUT2D eigenvalue weighted by Crippen LogP contribution is -2.57. The van der Waals surface area contributed by atoms with Crippen LogP contribution in [0.2, 0.25) is 0 Å². The maximum Gasteiger partial charge on any atom is 0.0666 e. The summed E-state index contributed by atoms with van der Waals surface area (Å²) in [4.78, 5) is 0. The third-order valence-corrected chi connectivity index (χ3v) is 4.93. The van der Waals surface area contributed by atoms with E-state index in [0.717, 1.165) is 25.7 Å². The van der Waals surface area contributed by atoms with Gasteiger partial charge in [0.2, 0.25) is 0 Å². The number of rotatable bonds is 5. The zero-order valence-corrected chi connectivity index (χ0v) is 11.5. The molecule has 1 fully saturated rings. The largest absolute Gasteiger partial charge is 0.372 e. The van der Waals surface area contributed by atoms with Crippen molar-refractivity contribution in [2.45, 2.75) is 77.4 Å². The number of hydrogen-bond donors (Lipinski definition) is 0. The van der Waals surface area contributed by atoms with Crippen molar-refractivity contribution in [3.63, 3.8) is 0 Å². The molecular formula is C13H25ClO. The second-order valence-electron chi connectivity index (χ2n) is 5.36. The van der Waals surface area contributed by atoms with E-state index in [0.29, 0.717) is 11.5 Å². The molecule has 1 saturated carbocycles. The average Bonchev–Trinajstić information content (AvgIpc) is 2.19. The molecule has 0 aromatic carbocycles. The van der Waals surface area contributed by atoms with Crippen molar-refractivity contribution in [1.82, 2.24) is 0 Å². The van der Waals surface area contributed by atoms with Gasteiger partial charge < -0.3 is 4.74 Å². The zero-order valence-electron chi connectivity index (χ0n) is 10.8. The Bertz CT molecular complexity index is 209. The normalized spacial score (nSPS) is 30.0. The SMILES string of the molecule is CCC(C)(C)OC1CC(Cl)C1(CC)CC. The van der Waals surface area contributed by atoms with Crippen LogP contribution < -0.4 is 0 Å². The summed E-state index contributed by atoms with van der Waals surface area (Å²) in [7, 11) is 0. The van der Waals surface area contributed by atoms with E-state index in [1.54, 1.807) is 0 Å². The second-order valence-corrected chi connectivity index (χ2v) is 5.89. The average molecular weight is 233 g/mol. The highest BCUT2D eigenvalue weighted by molar-refractivity contribution is 6.21. The fourth-order valence-corrected chi connectivity index (χ4v) is 3.09. The molecule has 2 atom stereocenters. The minimum Gasteiger partial charge on any atom is -0.372 e. The number of hydrogen-bond acceptors (Lipinski definition) is 1. The Morgan fingerprint density at radius 3 is 2.13 bits per heavy atom. The summed E-state index contributed by atoms with van der Waals surface area (Å²) in [6, 6.07) is 0. The summed E-state index contributed by atoms with van der Waals surface area (Å²) in [5, 5.41) is 0.310. The van der Waals surface area contributed by atoms with Crippen molar-refractivity contribution < 1.29 is 4.74 Å². The first-order valence-electron chi connectivity index (χ1n) is 6.23. The quantitative estimate of drug-likeness (QED) is 0.640. The van der Waals surface area contributed by atoms with Crippen LogP contribution in [0.5, 0.6) is 0 Å². The van der Waals surface area contributed by atoms with Crippen LogP contribution in [0, 0.1) is 5.41 Å². The standard InChI is InChI=1S/C13H25ClO/c1-6-12(4,5)15-11-9-10(14)13(11,7-2)8-3/h10-11H,6-9H2,1-5H3. The Morgan fingerprint density at radius 2 is 1.80 bits per heavy atom. The van der Waals surface area contributed by atoms with Crippen LogP contribution in [-0.2, 0) is 4.74 Å². The van der Waals surface area contributed by atoms with E-state index in [9.17, 15) is 0 Å².